The molecule has 0 aliphatic carbocycles. The standard InChI is InChI=1S/C15H18F2N4O/c1-5-21-10(4)13(9(3)20-21)8(2)19-15(22)14-12(17)6-11(16)7-18-14/h6-8H,5H2,1-4H3,(H,19,22)/t8-/m0/s1. The van der Waals surface area contributed by atoms with Crippen LogP contribution in [0.25, 0.3) is 0 Å². The van der Waals surface area contributed by atoms with Gasteiger partial charge in [0, 0.05) is 23.9 Å². The minimum absolute atomic E-state index is 0.362. The molecule has 0 saturated carbocycles. The van der Waals surface area contributed by atoms with E-state index >= 15 is 0 Å². The fourth-order valence-corrected chi connectivity index (χ4v) is 2.56. The number of carbonyl (C=O) groups is 1. The van der Waals surface area contributed by atoms with Crippen molar-refractivity contribution in [3.63, 3.8) is 0 Å². The van der Waals surface area contributed by atoms with Gasteiger partial charge in [-0.1, -0.05) is 0 Å². The summed E-state index contributed by atoms with van der Waals surface area (Å²) in [4.78, 5) is 15.6. The lowest BCUT2D eigenvalue weighted by Gasteiger charge is -2.15. The van der Waals surface area contributed by atoms with Crippen molar-refractivity contribution in [2.45, 2.75) is 40.3 Å². The highest BCUT2D eigenvalue weighted by atomic mass is 19.1. The van der Waals surface area contributed by atoms with Gasteiger partial charge in [-0.05, 0) is 27.7 Å². The zero-order chi connectivity index (χ0) is 16.4. The second-order valence-electron chi connectivity index (χ2n) is 5.08. The Balaban J connectivity index is 2.23. The summed E-state index contributed by atoms with van der Waals surface area (Å²) >= 11 is 0. The first kappa shape index (κ1) is 16.1. The molecule has 0 unspecified atom stereocenters. The first-order valence-electron chi connectivity index (χ1n) is 7.01. The predicted molar refractivity (Wildman–Crippen MR) is 77.4 cm³/mol. The van der Waals surface area contributed by atoms with Crippen LogP contribution >= 0.6 is 0 Å². The van der Waals surface area contributed by atoms with E-state index in [0.717, 1.165) is 29.7 Å². The lowest BCUT2D eigenvalue weighted by molar-refractivity contribution is 0.0930. The normalized spacial score (nSPS) is 12.3. The van der Waals surface area contributed by atoms with Crippen LogP contribution < -0.4 is 5.32 Å². The number of nitrogens with one attached hydrogen (secondary N) is 1. The largest absolute Gasteiger partial charge is 0.344 e. The van der Waals surface area contributed by atoms with E-state index in [9.17, 15) is 13.6 Å². The molecule has 7 heteroatoms. The van der Waals surface area contributed by atoms with Crippen LogP contribution in [-0.2, 0) is 6.54 Å². The molecule has 1 N–H and O–H groups in total. The fraction of sp³-hybridized carbons (Fsp3) is 0.400. The number of aryl methyl sites for hydroxylation is 2. The van der Waals surface area contributed by atoms with Gasteiger partial charge in [0.05, 0.1) is 17.9 Å². The van der Waals surface area contributed by atoms with Crippen LogP contribution in [0.15, 0.2) is 12.3 Å². The molecule has 0 saturated heterocycles. The van der Waals surface area contributed by atoms with E-state index in [2.05, 4.69) is 15.4 Å². The maximum atomic E-state index is 13.6. The molecule has 0 radical (unpaired) electrons. The van der Waals surface area contributed by atoms with Crippen LogP contribution in [0.3, 0.4) is 0 Å². The Kier molecular flexibility index (Phi) is 4.54. The number of aromatic nitrogens is 3. The van der Waals surface area contributed by atoms with Gasteiger partial charge in [0.1, 0.15) is 5.82 Å². The van der Waals surface area contributed by atoms with Gasteiger partial charge < -0.3 is 5.32 Å². The van der Waals surface area contributed by atoms with E-state index < -0.39 is 23.2 Å². The maximum absolute atomic E-state index is 13.6. The summed E-state index contributed by atoms with van der Waals surface area (Å²) in [5.74, 6) is -2.49. The lowest BCUT2D eigenvalue weighted by atomic mass is 10.1. The van der Waals surface area contributed by atoms with Crippen molar-refractivity contribution in [2.24, 2.45) is 0 Å². The first-order chi connectivity index (χ1) is 10.3. The first-order valence-corrected chi connectivity index (χ1v) is 7.01. The van der Waals surface area contributed by atoms with Gasteiger partial charge in [-0.2, -0.15) is 5.10 Å². The zero-order valence-electron chi connectivity index (χ0n) is 12.9. The molecule has 118 valence electrons. The molecule has 0 aliphatic heterocycles. The van der Waals surface area contributed by atoms with Gasteiger partial charge in [0.2, 0.25) is 0 Å². The molecule has 1 amide bonds. The van der Waals surface area contributed by atoms with Gasteiger partial charge in [-0.3, -0.25) is 9.48 Å². The summed E-state index contributed by atoms with van der Waals surface area (Å²) in [6, 6.07) is 0.275. The Hall–Kier alpha value is -2.31. The quantitative estimate of drug-likeness (QED) is 0.944. The lowest BCUT2D eigenvalue weighted by Crippen LogP contribution is -2.29. The van der Waals surface area contributed by atoms with Gasteiger partial charge in [-0.15, -0.1) is 0 Å². The number of amides is 1. The Morgan fingerprint density at radius 2 is 2.09 bits per heavy atom. The SMILES string of the molecule is CCn1nc(C)c([C@H](C)NC(=O)c2ncc(F)cc2F)c1C. The predicted octanol–water partition coefficient (Wildman–Crippen LogP) is 2.68. The molecule has 2 aromatic heterocycles. The number of hydrogen-bond donors (Lipinski definition) is 1. The molecular formula is C15H18F2N4O. The summed E-state index contributed by atoms with van der Waals surface area (Å²) in [7, 11) is 0. The molecule has 0 fully saturated rings. The average Bonchev–Trinajstić information content (AvgIpc) is 2.72. The number of carbonyl (C=O) groups excluding carboxylic acids is 1. The van der Waals surface area contributed by atoms with Gasteiger partial charge in [0.25, 0.3) is 5.91 Å². The molecule has 5 nitrogen and oxygen atoms in total. The van der Waals surface area contributed by atoms with Gasteiger partial charge >= 0.3 is 0 Å². The van der Waals surface area contributed by atoms with Crippen molar-refractivity contribution in [3.05, 3.63) is 46.5 Å². The van der Waals surface area contributed by atoms with Crippen molar-refractivity contribution in [3.8, 4) is 0 Å². The molecule has 1 atom stereocenters. The number of halogens is 2. The van der Waals surface area contributed by atoms with E-state index in [1.807, 2.05) is 25.5 Å². The van der Waals surface area contributed by atoms with Crippen LogP contribution in [0.2, 0.25) is 0 Å². The summed E-state index contributed by atoms with van der Waals surface area (Å²) in [6.07, 6.45) is 0.814. The summed E-state index contributed by atoms with van der Waals surface area (Å²) in [5, 5.41) is 7.06. The Labute approximate surface area is 127 Å². The topological polar surface area (TPSA) is 59.8 Å². The molecule has 0 aliphatic rings. The van der Waals surface area contributed by atoms with E-state index in [0.29, 0.717) is 6.07 Å². The van der Waals surface area contributed by atoms with Crippen LogP contribution in [0, 0.1) is 25.5 Å². The third-order valence-electron chi connectivity index (χ3n) is 3.54. The second kappa shape index (κ2) is 6.21. The number of hydrogen-bond acceptors (Lipinski definition) is 3. The highest BCUT2D eigenvalue weighted by molar-refractivity contribution is 5.92. The molecule has 0 aromatic carbocycles. The van der Waals surface area contributed by atoms with Crippen molar-refractivity contribution < 1.29 is 13.6 Å². The monoisotopic (exact) mass is 308 g/mol. The Morgan fingerprint density at radius 3 is 2.64 bits per heavy atom. The number of nitrogens with zero attached hydrogens (tertiary/aromatic N) is 3. The van der Waals surface area contributed by atoms with E-state index in [-0.39, 0.29) is 6.04 Å². The third-order valence-corrected chi connectivity index (χ3v) is 3.54. The number of rotatable bonds is 4. The van der Waals surface area contributed by atoms with Crippen LogP contribution in [0.1, 0.15) is 47.3 Å². The Bertz CT molecular complexity index is 712. The molecule has 22 heavy (non-hydrogen) atoms. The van der Waals surface area contributed by atoms with E-state index in [4.69, 9.17) is 0 Å². The molecule has 2 rings (SSSR count). The summed E-state index contributed by atoms with van der Waals surface area (Å²) in [5.41, 5.74) is 2.21. The molecule has 2 heterocycles. The molecule has 0 bridgehead atoms. The highest BCUT2D eigenvalue weighted by Gasteiger charge is 2.21. The van der Waals surface area contributed by atoms with E-state index in [1.54, 1.807) is 6.92 Å². The minimum atomic E-state index is -0.984. The zero-order valence-corrected chi connectivity index (χ0v) is 12.9. The van der Waals surface area contributed by atoms with Gasteiger partial charge in [0.15, 0.2) is 11.5 Å². The van der Waals surface area contributed by atoms with Gasteiger partial charge in [-0.25, -0.2) is 13.8 Å². The van der Waals surface area contributed by atoms with E-state index in [1.165, 1.54) is 0 Å². The van der Waals surface area contributed by atoms with Crippen molar-refractivity contribution >= 4 is 5.91 Å². The highest BCUT2D eigenvalue weighted by Crippen LogP contribution is 2.21. The molecule has 0 spiro atoms. The third kappa shape index (κ3) is 2.98. The molecule has 2 aromatic rings. The average molecular weight is 308 g/mol. The van der Waals surface area contributed by atoms with Crippen molar-refractivity contribution in [2.75, 3.05) is 0 Å². The van der Waals surface area contributed by atoms with Crippen molar-refractivity contribution in [1.82, 2.24) is 20.1 Å². The Morgan fingerprint density at radius 1 is 1.41 bits per heavy atom. The second-order valence-corrected chi connectivity index (χ2v) is 5.08. The van der Waals surface area contributed by atoms with Crippen LogP contribution in [0.4, 0.5) is 8.78 Å². The smallest absolute Gasteiger partial charge is 0.273 e. The molecular weight excluding hydrogens is 290 g/mol. The summed E-state index contributed by atoms with van der Waals surface area (Å²) < 4.78 is 28.3. The summed E-state index contributed by atoms with van der Waals surface area (Å²) in [6.45, 7) is 8.26. The van der Waals surface area contributed by atoms with Crippen molar-refractivity contribution in [1.29, 1.82) is 0 Å². The van der Waals surface area contributed by atoms with Crippen LogP contribution in [0.5, 0.6) is 0 Å². The maximum Gasteiger partial charge on any atom is 0.273 e. The van der Waals surface area contributed by atoms with Crippen LogP contribution in [-0.4, -0.2) is 20.7 Å². The fourth-order valence-electron chi connectivity index (χ4n) is 2.56. The number of pyridine rings is 1. The minimum Gasteiger partial charge on any atom is -0.344 e.